The molecule has 0 saturated carbocycles. The fourth-order valence-corrected chi connectivity index (χ4v) is 2.26. The first kappa shape index (κ1) is 8.90. The van der Waals surface area contributed by atoms with Gasteiger partial charge < -0.3 is 4.90 Å². The summed E-state index contributed by atoms with van der Waals surface area (Å²) in [5.74, 6) is 0.991. The van der Waals surface area contributed by atoms with Gasteiger partial charge in [-0.05, 0) is 39.2 Å². The van der Waals surface area contributed by atoms with E-state index in [-0.39, 0.29) is 0 Å². The second-order valence-electron chi connectivity index (χ2n) is 3.65. The third kappa shape index (κ3) is 1.53. The predicted octanol–water partition coefficient (Wildman–Crippen LogP) is 1.13. The van der Waals surface area contributed by atoms with Gasteiger partial charge in [0.15, 0.2) is 4.77 Å². The number of hydrogen-bond acceptors (Lipinski definition) is 3. The largest absolute Gasteiger partial charge is 0.304 e. The summed E-state index contributed by atoms with van der Waals surface area (Å²) in [6.07, 6.45) is 1.17. The fourth-order valence-electron chi connectivity index (χ4n) is 1.94. The van der Waals surface area contributed by atoms with Crippen LogP contribution in [0.5, 0.6) is 0 Å². The Morgan fingerprint density at radius 2 is 2.38 bits per heavy atom. The van der Waals surface area contributed by atoms with E-state index in [2.05, 4.69) is 26.7 Å². The number of aryl methyl sites for hydroxylation is 1. The van der Waals surface area contributed by atoms with Crippen molar-refractivity contribution >= 4 is 12.2 Å². The Morgan fingerprint density at radius 1 is 1.62 bits per heavy atom. The molecule has 4 nitrogen and oxygen atoms in total. The lowest BCUT2D eigenvalue weighted by atomic mass is 10.2. The number of likely N-dealkylation sites (N-methyl/N-ethyl adjacent to an activating group) is 1. The highest BCUT2D eigenvalue weighted by Crippen LogP contribution is 2.21. The van der Waals surface area contributed by atoms with Crippen LogP contribution in [0.25, 0.3) is 0 Å². The summed E-state index contributed by atoms with van der Waals surface area (Å²) in [4.78, 5) is 2.32. The number of H-pyrrole nitrogens is 1. The molecule has 1 aromatic heterocycles. The van der Waals surface area contributed by atoms with Crippen molar-refractivity contribution in [1.29, 1.82) is 0 Å². The third-order valence-electron chi connectivity index (χ3n) is 2.61. The Kier molecular flexibility index (Phi) is 2.21. The number of hydrogen-bond donors (Lipinski definition) is 1. The lowest BCUT2D eigenvalue weighted by Gasteiger charge is -2.12. The summed E-state index contributed by atoms with van der Waals surface area (Å²) >= 11 is 5.17. The zero-order chi connectivity index (χ0) is 9.42. The van der Waals surface area contributed by atoms with E-state index in [4.69, 9.17) is 12.2 Å². The van der Waals surface area contributed by atoms with Crippen molar-refractivity contribution in [3.8, 4) is 0 Å². The smallest absolute Gasteiger partial charge is 0.195 e. The van der Waals surface area contributed by atoms with Gasteiger partial charge >= 0.3 is 0 Å². The van der Waals surface area contributed by atoms with Crippen LogP contribution < -0.4 is 0 Å². The zero-order valence-electron chi connectivity index (χ0n) is 7.95. The monoisotopic (exact) mass is 198 g/mol. The predicted molar refractivity (Wildman–Crippen MR) is 53.3 cm³/mol. The first-order valence-electron chi connectivity index (χ1n) is 4.50. The lowest BCUT2D eigenvalue weighted by Crippen LogP contribution is -2.17. The highest BCUT2D eigenvalue weighted by molar-refractivity contribution is 7.71. The van der Waals surface area contributed by atoms with Gasteiger partial charge in [-0.2, -0.15) is 5.10 Å². The molecule has 13 heavy (non-hydrogen) atoms. The summed E-state index contributed by atoms with van der Waals surface area (Å²) < 4.78 is 2.87. The number of nitrogens with one attached hydrogen (secondary N) is 1. The van der Waals surface area contributed by atoms with Crippen molar-refractivity contribution in [2.75, 3.05) is 20.1 Å². The zero-order valence-corrected chi connectivity index (χ0v) is 8.77. The average molecular weight is 198 g/mol. The van der Waals surface area contributed by atoms with Gasteiger partial charge in [-0.15, -0.1) is 0 Å². The molecule has 1 aliphatic rings. The second-order valence-corrected chi connectivity index (χ2v) is 4.04. The van der Waals surface area contributed by atoms with Crippen LogP contribution in [0.3, 0.4) is 0 Å². The van der Waals surface area contributed by atoms with E-state index in [0.29, 0.717) is 6.04 Å². The Labute approximate surface area is 82.6 Å². The summed E-state index contributed by atoms with van der Waals surface area (Å²) in [7, 11) is 2.14. The molecule has 2 heterocycles. The molecule has 1 saturated heterocycles. The summed E-state index contributed by atoms with van der Waals surface area (Å²) in [6.45, 7) is 4.22. The minimum absolute atomic E-state index is 0.510. The van der Waals surface area contributed by atoms with E-state index in [1.165, 1.54) is 6.42 Å². The molecule has 0 bridgehead atoms. The van der Waals surface area contributed by atoms with Gasteiger partial charge in [0.25, 0.3) is 0 Å². The molecule has 5 heteroatoms. The highest BCUT2D eigenvalue weighted by Gasteiger charge is 2.22. The van der Waals surface area contributed by atoms with E-state index >= 15 is 0 Å². The Bertz CT molecular complexity index is 353. The quantitative estimate of drug-likeness (QED) is 0.687. The molecule has 1 N–H and O–H groups in total. The van der Waals surface area contributed by atoms with Gasteiger partial charge in [0.1, 0.15) is 5.82 Å². The van der Waals surface area contributed by atoms with Crippen molar-refractivity contribution in [2.45, 2.75) is 19.4 Å². The number of aromatic amines is 1. The van der Waals surface area contributed by atoms with Crippen LogP contribution in [0, 0.1) is 11.7 Å². The maximum absolute atomic E-state index is 5.17. The second kappa shape index (κ2) is 3.23. The number of aromatic nitrogens is 3. The Hall–Kier alpha value is -0.680. The first-order valence-corrected chi connectivity index (χ1v) is 4.91. The van der Waals surface area contributed by atoms with E-state index < -0.39 is 0 Å². The van der Waals surface area contributed by atoms with Gasteiger partial charge in [0, 0.05) is 6.54 Å². The Balaban J connectivity index is 2.30. The molecule has 0 radical (unpaired) electrons. The van der Waals surface area contributed by atoms with Gasteiger partial charge in [-0.3, -0.25) is 9.67 Å². The molecule has 1 aromatic rings. The van der Waals surface area contributed by atoms with Crippen molar-refractivity contribution in [3.63, 3.8) is 0 Å². The topological polar surface area (TPSA) is 36.9 Å². The number of rotatable bonds is 1. The van der Waals surface area contributed by atoms with Crippen LogP contribution in [0.4, 0.5) is 0 Å². The van der Waals surface area contributed by atoms with Crippen molar-refractivity contribution < 1.29 is 0 Å². The summed E-state index contributed by atoms with van der Waals surface area (Å²) in [6, 6.07) is 0.510. The SMILES string of the molecule is Cc1n[nH]c(=S)n1C1CCN(C)C1. The van der Waals surface area contributed by atoms with Crippen molar-refractivity contribution in [3.05, 3.63) is 10.6 Å². The highest BCUT2D eigenvalue weighted by atomic mass is 32.1. The van der Waals surface area contributed by atoms with Crippen LogP contribution in [-0.2, 0) is 0 Å². The molecule has 0 amide bonds. The number of likely N-dealkylation sites (tertiary alicyclic amines) is 1. The fraction of sp³-hybridized carbons (Fsp3) is 0.750. The normalized spacial score (nSPS) is 24.0. The minimum atomic E-state index is 0.510. The molecule has 0 aromatic carbocycles. The molecular formula is C8H14N4S. The van der Waals surface area contributed by atoms with Crippen molar-refractivity contribution in [1.82, 2.24) is 19.7 Å². The van der Waals surface area contributed by atoms with Crippen LogP contribution in [0.2, 0.25) is 0 Å². The Morgan fingerprint density at radius 3 is 2.85 bits per heavy atom. The summed E-state index contributed by atoms with van der Waals surface area (Å²) in [5.41, 5.74) is 0. The van der Waals surface area contributed by atoms with E-state index in [1.54, 1.807) is 0 Å². The molecule has 2 rings (SSSR count). The molecule has 1 fully saturated rings. The third-order valence-corrected chi connectivity index (χ3v) is 2.90. The molecule has 0 spiro atoms. The van der Waals surface area contributed by atoms with E-state index in [1.807, 2.05) is 6.92 Å². The van der Waals surface area contributed by atoms with Gasteiger partial charge in [-0.25, -0.2) is 0 Å². The number of nitrogens with zero attached hydrogens (tertiary/aromatic N) is 3. The molecule has 72 valence electrons. The summed E-state index contributed by atoms with van der Waals surface area (Å²) in [5, 5.41) is 6.94. The molecule has 0 aliphatic carbocycles. The first-order chi connectivity index (χ1) is 6.18. The van der Waals surface area contributed by atoms with Crippen LogP contribution in [0.15, 0.2) is 0 Å². The van der Waals surface area contributed by atoms with Crippen LogP contribution >= 0.6 is 12.2 Å². The van der Waals surface area contributed by atoms with Gasteiger partial charge in [0.2, 0.25) is 0 Å². The maximum atomic E-state index is 5.17. The van der Waals surface area contributed by atoms with E-state index in [9.17, 15) is 0 Å². The molecular weight excluding hydrogens is 184 g/mol. The van der Waals surface area contributed by atoms with Crippen LogP contribution in [0.1, 0.15) is 18.3 Å². The standard InChI is InChI=1S/C8H14N4S/c1-6-9-10-8(13)12(6)7-3-4-11(2)5-7/h7H,3-5H2,1-2H3,(H,10,13). The van der Waals surface area contributed by atoms with Crippen molar-refractivity contribution in [2.24, 2.45) is 0 Å². The lowest BCUT2D eigenvalue weighted by molar-refractivity contribution is 0.389. The van der Waals surface area contributed by atoms with Crippen LogP contribution in [-0.4, -0.2) is 39.8 Å². The molecule has 1 atom stereocenters. The maximum Gasteiger partial charge on any atom is 0.195 e. The minimum Gasteiger partial charge on any atom is -0.304 e. The van der Waals surface area contributed by atoms with E-state index in [0.717, 1.165) is 23.7 Å². The average Bonchev–Trinajstić information content (AvgIpc) is 2.60. The molecule has 1 aliphatic heterocycles. The van der Waals surface area contributed by atoms with Gasteiger partial charge in [-0.1, -0.05) is 0 Å². The van der Waals surface area contributed by atoms with Gasteiger partial charge in [0.05, 0.1) is 6.04 Å². The molecule has 1 unspecified atom stereocenters.